The molecule has 210 valence electrons. The Morgan fingerprint density at radius 2 is 1.88 bits per heavy atom. The van der Waals surface area contributed by atoms with Gasteiger partial charge in [0.05, 0.1) is 35.3 Å². The second-order valence-electron chi connectivity index (χ2n) is 9.43. The summed E-state index contributed by atoms with van der Waals surface area (Å²) in [5.41, 5.74) is 4.80. The minimum Gasteiger partial charge on any atom is -0.494 e. The van der Waals surface area contributed by atoms with E-state index in [1.165, 1.54) is 59.9 Å². The highest BCUT2D eigenvalue weighted by Crippen LogP contribution is 2.45. The molecule has 5 nitrogen and oxygen atoms in total. The Labute approximate surface area is 234 Å². The van der Waals surface area contributed by atoms with Crippen LogP contribution < -0.4 is 16.0 Å². The van der Waals surface area contributed by atoms with E-state index in [9.17, 15) is 22.4 Å². The first-order chi connectivity index (χ1) is 18.9. The summed E-state index contributed by atoms with van der Waals surface area (Å²) in [7, 11) is 1.29. The van der Waals surface area contributed by atoms with Crippen LogP contribution in [0.4, 0.5) is 22.0 Å². The van der Waals surface area contributed by atoms with E-state index < -0.39 is 53.0 Å². The van der Waals surface area contributed by atoms with Crippen LogP contribution in [0.5, 0.6) is 5.75 Å². The summed E-state index contributed by atoms with van der Waals surface area (Å²) in [6.45, 7) is 3.41. The third-order valence-corrected chi connectivity index (χ3v) is 9.27. The van der Waals surface area contributed by atoms with Gasteiger partial charge in [-0.3, -0.25) is 9.36 Å². The van der Waals surface area contributed by atoms with Crippen LogP contribution in [-0.4, -0.2) is 22.4 Å². The summed E-state index contributed by atoms with van der Waals surface area (Å²) in [6.07, 6.45) is -3.60. The van der Waals surface area contributed by atoms with E-state index in [0.717, 1.165) is 23.1 Å². The number of benzene rings is 2. The van der Waals surface area contributed by atoms with Crippen molar-refractivity contribution in [2.75, 3.05) is 12.9 Å². The molecule has 0 aliphatic carbocycles. The van der Waals surface area contributed by atoms with Gasteiger partial charge < -0.3 is 10.5 Å². The van der Waals surface area contributed by atoms with Gasteiger partial charge in [0.2, 0.25) is 0 Å². The lowest BCUT2D eigenvalue weighted by atomic mass is 9.92. The molecule has 1 unspecified atom stereocenters. The van der Waals surface area contributed by atoms with Crippen molar-refractivity contribution in [2.45, 2.75) is 43.6 Å². The van der Waals surface area contributed by atoms with E-state index in [4.69, 9.17) is 10.5 Å². The molecule has 0 saturated carbocycles. The molecule has 2 aromatic carbocycles. The van der Waals surface area contributed by atoms with Gasteiger partial charge in [0.15, 0.2) is 11.6 Å². The van der Waals surface area contributed by atoms with Crippen molar-refractivity contribution in [1.82, 2.24) is 9.55 Å². The molecule has 2 N–H and O–H groups in total. The second kappa shape index (κ2) is 10.6. The minimum atomic E-state index is -4.80. The molecule has 3 heterocycles. The Bertz CT molecular complexity index is 1670. The quantitative estimate of drug-likeness (QED) is 0.248. The Hall–Kier alpha value is -3.22. The SMILES string of the molecule is COc1cccc(-c2c(C)c(Cc3c(F)cccc3C(F)(F)F)c3n(c2=O)[C@H](C(N)c2ncc(C)s2)CS3)c1F. The molecule has 0 saturated heterocycles. The molecule has 40 heavy (non-hydrogen) atoms. The van der Waals surface area contributed by atoms with Gasteiger partial charge in [0, 0.05) is 34.4 Å². The second-order valence-corrected chi connectivity index (χ2v) is 11.7. The van der Waals surface area contributed by atoms with Crippen molar-refractivity contribution < 1.29 is 26.7 Å². The first-order valence-corrected chi connectivity index (χ1v) is 14.0. The monoisotopic (exact) mass is 593 g/mol. The molecule has 12 heteroatoms. The molecule has 1 aliphatic rings. The zero-order valence-corrected chi connectivity index (χ0v) is 23.2. The van der Waals surface area contributed by atoms with Crippen molar-refractivity contribution in [3.63, 3.8) is 0 Å². The first-order valence-electron chi connectivity index (χ1n) is 12.2. The third kappa shape index (κ3) is 4.82. The fourth-order valence-corrected chi connectivity index (χ4v) is 7.33. The lowest BCUT2D eigenvalue weighted by Gasteiger charge is -2.24. The summed E-state index contributed by atoms with van der Waals surface area (Å²) < 4.78 is 78.7. The molecular formula is C28H24F5N3O2S2. The highest BCUT2D eigenvalue weighted by atomic mass is 32.2. The van der Waals surface area contributed by atoms with Gasteiger partial charge in [-0.2, -0.15) is 13.2 Å². The predicted octanol–water partition coefficient (Wildman–Crippen LogP) is 6.83. The molecule has 0 spiro atoms. The van der Waals surface area contributed by atoms with Crippen molar-refractivity contribution in [2.24, 2.45) is 5.73 Å². The summed E-state index contributed by atoms with van der Waals surface area (Å²) in [5.74, 6) is -1.59. The standard InChI is InChI=1S/C28H24F5N3O2S2/c1-13-11-35-25(40-13)24(34)20-12-39-27-16(10-17-18(28(31,32)33)7-5-8-19(17)29)14(2)22(26(37)36(20)27)15-6-4-9-21(38-3)23(15)30/h4-9,11,20,24H,10,12,34H2,1-3H3/t20-,24?/m0/s1. The summed E-state index contributed by atoms with van der Waals surface area (Å²) >= 11 is 2.63. The van der Waals surface area contributed by atoms with E-state index in [1.54, 1.807) is 6.20 Å². The van der Waals surface area contributed by atoms with E-state index >= 15 is 4.39 Å². The average molecular weight is 594 g/mol. The number of aromatic nitrogens is 2. The molecule has 2 aromatic heterocycles. The number of pyridine rings is 1. The van der Waals surface area contributed by atoms with Gasteiger partial charge in [-0.25, -0.2) is 13.8 Å². The van der Waals surface area contributed by atoms with Crippen LogP contribution in [0.25, 0.3) is 11.1 Å². The van der Waals surface area contributed by atoms with Crippen LogP contribution in [0.15, 0.2) is 52.4 Å². The van der Waals surface area contributed by atoms with Gasteiger partial charge in [0.25, 0.3) is 5.56 Å². The number of ether oxygens (including phenoxy) is 1. The van der Waals surface area contributed by atoms with Crippen molar-refractivity contribution >= 4 is 23.1 Å². The average Bonchev–Trinajstić information content (AvgIpc) is 3.54. The molecule has 2 atom stereocenters. The minimum absolute atomic E-state index is 0.0462. The molecule has 0 amide bonds. The van der Waals surface area contributed by atoms with Crippen LogP contribution in [0, 0.1) is 25.5 Å². The molecule has 5 rings (SSSR count). The maximum Gasteiger partial charge on any atom is 0.416 e. The number of nitrogens with zero attached hydrogens (tertiary/aromatic N) is 2. The largest absolute Gasteiger partial charge is 0.494 e. The number of rotatable bonds is 6. The number of alkyl halides is 3. The lowest BCUT2D eigenvalue weighted by molar-refractivity contribution is -0.138. The van der Waals surface area contributed by atoms with Gasteiger partial charge in [0.1, 0.15) is 10.8 Å². The number of nitrogens with two attached hydrogens (primary N) is 1. The van der Waals surface area contributed by atoms with E-state index in [-0.39, 0.29) is 22.4 Å². The number of hydrogen-bond donors (Lipinski definition) is 1. The number of methoxy groups -OCH3 is 1. The number of halogens is 5. The number of thioether (sulfide) groups is 1. The fraction of sp³-hybridized carbons (Fsp3) is 0.286. The van der Waals surface area contributed by atoms with Crippen molar-refractivity contribution in [1.29, 1.82) is 0 Å². The number of thiazole rings is 1. The van der Waals surface area contributed by atoms with Gasteiger partial charge in [-0.1, -0.05) is 18.2 Å². The topological polar surface area (TPSA) is 70.1 Å². The summed E-state index contributed by atoms with van der Waals surface area (Å²) in [6, 6.07) is 5.79. The van der Waals surface area contributed by atoms with Gasteiger partial charge in [-0.15, -0.1) is 23.1 Å². The molecule has 1 aliphatic heterocycles. The Balaban J connectivity index is 1.79. The maximum absolute atomic E-state index is 15.5. The molecular weight excluding hydrogens is 569 g/mol. The Morgan fingerprint density at radius 1 is 1.15 bits per heavy atom. The first kappa shape index (κ1) is 28.3. The maximum atomic E-state index is 15.5. The molecule has 0 radical (unpaired) electrons. The highest BCUT2D eigenvalue weighted by molar-refractivity contribution is 7.99. The number of hydrogen-bond acceptors (Lipinski definition) is 6. The Kier molecular flexibility index (Phi) is 7.53. The highest BCUT2D eigenvalue weighted by Gasteiger charge is 2.38. The van der Waals surface area contributed by atoms with E-state index in [1.807, 2.05) is 6.92 Å². The predicted molar refractivity (Wildman–Crippen MR) is 145 cm³/mol. The fourth-order valence-electron chi connectivity index (χ4n) is 5.05. The summed E-state index contributed by atoms with van der Waals surface area (Å²) in [4.78, 5) is 19.4. The van der Waals surface area contributed by atoms with Crippen LogP contribution in [0.2, 0.25) is 0 Å². The molecule has 4 aromatic rings. The normalized spacial score (nSPS) is 15.8. The van der Waals surface area contributed by atoms with E-state index in [0.29, 0.717) is 21.3 Å². The zero-order valence-electron chi connectivity index (χ0n) is 21.6. The van der Waals surface area contributed by atoms with Crippen molar-refractivity contribution in [3.05, 3.63) is 96.7 Å². The smallest absolute Gasteiger partial charge is 0.416 e. The summed E-state index contributed by atoms with van der Waals surface area (Å²) in [5, 5.41) is 0.965. The van der Waals surface area contributed by atoms with Crippen LogP contribution in [-0.2, 0) is 12.6 Å². The molecule has 0 bridgehead atoms. The van der Waals surface area contributed by atoms with E-state index in [2.05, 4.69) is 4.98 Å². The van der Waals surface area contributed by atoms with Crippen molar-refractivity contribution in [3.8, 4) is 16.9 Å². The van der Waals surface area contributed by atoms with Crippen LogP contribution in [0.1, 0.15) is 44.2 Å². The number of fused-ring (bicyclic) bond motifs is 1. The van der Waals surface area contributed by atoms with Crippen LogP contribution >= 0.6 is 23.1 Å². The third-order valence-electron chi connectivity index (χ3n) is 7.03. The van der Waals surface area contributed by atoms with Gasteiger partial charge in [-0.05, 0) is 43.2 Å². The molecule has 0 fully saturated rings. The van der Waals surface area contributed by atoms with Crippen LogP contribution in [0.3, 0.4) is 0 Å². The zero-order chi connectivity index (χ0) is 28.9. The lowest BCUT2D eigenvalue weighted by Crippen LogP contribution is -2.33. The number of aryl methyl sites for hydroxylation is 1. The Morgan fingerprint density at radius 3 is 2.52 bits per heavy atom. The van der Waals surface area contributed by atoms with Gasteiger partial charge >= 0.3 is 6.18 Å².